The maximum atomic E-state index is 13.4. The van der Waals surface area contributed by atoms with Crippen molar-refractivity contribution in [3.8, 4) is 5.75 Å². The van der Waals surface area contributed by atoms with Gasteiger partial charge in [-0.05, 0) is 18.6 Å². The molecule has 0 aliphatic carbocycles. The topological polar surface area (TPSA) is 69.0 Å². The van der Waals surface area contributed by atoms with Crippen LogP contribution in [0.2, 0.25) is 0 Å². The van der Waals surface area contributed by atoms with E-state index in [9.17, 15) is 22.4 Å². The van der Waals surface area contributed by atoms with Crippen LogP contribution in [-0.4, -0.2) is 33.5 Å². The molecule has 2 aromatic rings. The van der Waals surface area contributed by atoms with Crippen LogP contribution in [0, 0.1) is 11.7 Å². The minimum absolute atomic E-state index is 0.0233. The minimum Gasteiger partial charge on any atom is -0.481 e. The molecule has 26 heavy (non-hydrogen) atoms. The summed E-state index contributed by atoms with van der Waals surface area (Å²) in [5, 5.41) is 10.2. The summed E-state index contributed by atoms with van der Waals surface area (Å²) < 4.78 is 58.6. The van der Waals surface area contributed by atoms with Gasteiger partial charge in [-0.25, -0.2) is 4.39 Å². The summed E-state index contributed by atoms with van der Waals surface area (Å²) in [5.41, 5.74) is 0. The number of nitrogens with one attached hydrogen (secondary N) is 1. The molecule has 1 amide bonds. The van der Waals surface area contributed by atoms with E-state index in [1.807, 2.05) is 0 Å². The molecule has 1 aromatic carbocycles. The number of nitrogens with zero attached hydrogens (tertiary/aromatic N) is 3. The number of carbonyl (C=O) groups excluding carboxylic acids is 1. The summed E-state index contributed by atoms with van der Waals surface area (Å²) in [6, 6.07) is 5.64. The third kappa shape index (κ3) is 4.12. The number of hydrogen-bond donors (Lipinski definition) is 1. The second-order valence-electron chi connectivity index (χ2n) is 5.92. The van der Waals surface area contributed by atoms with Gasteiger partial charge >= 0.3 is 6.18 Å². The van der Waals surface area contributed by atoms with E-state index < -0.39 is 30.4 Å². The number of amides is 1. The molecule has 1 aliphatic rings. The number of fused-ring (bicyclic) bond motifs is 1. The molecule has 1 atom stereocenters. The third-order valence-corrected chi connectivity index (χ3v) is 4.13. The number of halogens is 4. The normalized spacial score (nSPS) is 16.8. The number of alkyl halides is 3. The van der Waals surface area contributed by atoms with E-state index in [0.29, 0.717) is 5.82 Å². The van der Waals surface area contributed by atoms with Gasteiger partial charge in [0.05, 0.1) is 12.5 Å². The Balaban J connectivity index is 1.55. The molecule has 1 aromatic heterocycles. The van der Waals surface area contributed by atoms with E-state index in [2.05, 4.69) is 15.5 Å². The molecule has 0 bridgehead atoms. The van der Waals surface area contributed by atoms with Gasteiger partial charge in [0.25, 0.3) is 5.91 Å². The number of ether oxygens (including phenoxy) is 1. The molecule has 6 nitrogen and oxygen atoms in total. The minimum atomic E-state index is -4.28. The molecule has 0 saturated carbocycles. The number of hydrogen-bond acceptors (Lipinski definition) is 4. The fourth-order valence-electron chi connectivity index (χ4n) is 2.71. The van der Waals surface area contributed by atoms with E-state index in [1.165, 1.54) is 22.8 Å². The lowest BCUT2D eigenvalue weighted by molar-refractivity contribution is -0.182. The van der Waals surface area contributed by atoms with Crippen LogP contribution in [0.15, 0.2) is 24.3 Å². The summed E-state index contributed by atoms with van der Waals surface area (Å²) in [7, 11) is 0. The second kappa shape index (κ2) is 7.30. The summed E-state index contributed by atoms with van der Waals surface area (Å²) in [4.78, 5) is 11.8. The van der Waals surface area contributed by atoms with Gasteiger partial charge < -0.3 is 14.6 Å². The van der Waals surface area contributed by atoms with Crippen molar-refractivity contribution in [1.29, 1.82) is 0 Å². The molecule has 2 heterocycles. The van der Waals surface area contributed by atoms with Crippen LogP contribution < -0.4 is 10.1 Å². The van der Waals surface area contributed by atoms with Gasteiger partial charge in [-0.15, -0.1) is 10.2 Å². The first-order valence-corrected chi connectivity index (χ1v) is 7.96. The Kier molecular flexibility index (Phi) is 5.10. The highest BCUT2D eigenvalue weighted by atomic mass is 19.4. The van der Waals surface area contributed by atoms with E-state index in [0.717, 1.165) is 0 Å². The zero-order valence-electron chi connectivity index (χ0n) is 13.6. The average molecular weight is 372 g/mol. The number of benzene rings is 1. The SMILES string of the molecule is O=C(COc1ccccc1F)NCc1nnc2n1C[C@@H](C(F)(F)F)CC2. The molecule has 10 heteroatoms. The van der Waals surface area contributed by atoms with Crippen LogP contribution in [0.4, 0.5) is 17.6 Å². The first kappa shape index (κ1) is 18.2. The van der Waals surface area contributed by atoms with Crippen molar-refractivity contribution in [2.45, 2.75) is 32.1 Å². The highest BCUT2D eigenvalue weighted by Crippen LogP contribution is 2.34. The number of para-hydroxylation sites is 1. The first-order chi connectivity index (χ1) is 12.3. The number of aromatic nitrogens is 3. The van der Waals surface area contributed by atoms with Crippen molar-refractivity contribution in [3.05, 3.63) is 41.7 Å². The Labute approximate surface area is 146 Å². The summed E-state index contributed by atoms with van der Waals surface area (Å²) in [6.07, 6.45) is -4.12. The maximum Gasteiger partial charge on any atom is 0.393 e. The van der Waals surface area contributed by atoms with Gasteiger partial charge in [0.2, 0.25) is 0 Å². The van der Waals surface area contributed by atoms with Crippen LogP contribution in [0.5, 0.6) is 5.75 Å². The van der Waals surface area contributed by atoms with Crippen LogP contribution in [0.3, 0.4) is 0 Å². The molecule has 140 valence electrons. The second-order valence-corrected chi connectivity index (χ2v) is 5.92. The molecule has 0 saturated heterocycles. The fraction of sp³-hybridized carbons (Fsp3) is 0.438. The number of aryl methyl sites for hydroxylation is 1. The predicted octanol–water partition coefficient (Wildman–Crippen LogP) is 2.24. The molecule has 1 aliphatic heterocycles. The van der Waals surface area contributed by atoms with Crippen LogP contribution in [0.1, 0.15) is 18.1 Å². The van der Waals surface area contributed by atoms with Crippen LogP contribution in [0.25, 0.3) is 0 Å². The van der Waals surface area contributed by atoms with Gasteiger partial charge in [-0.2, -0.15) is 13.2 Å². The molecule has 0 spiro atoms. The molecule has 0 fully saturated rings. The number of rotatable bonds is 5. The molecule has 3 rings (SSSR count). The lowest BCUT2D eigenvalue weighted by atomic mass is 9.99. The van der Waals surface area contributed by atoms with E-state index in [4.69, 9.17) is 4.74 Å². The summed E-state index contributed by atoms with van der Waals surface area (Å²) in [6.45, 7) is -0.771. The van der Waals surface area contributed by atoms with Crippen molar-refractivity contribution in [2.75, 3.05) is 6.61 Å². The molecule has 1 N–H and O–H groups in total. The monoisotopic (exact) mass is 372 g/mol. The fourth-order valence-corrected chi connectivity index (χ4v) is 2.71. The molecule has 0 radical (unpaired) electrons. The zero-order chi connectivity index (χ0) is 18.7. The lowest BCUT2D eigenvalue weighted by Gasteiger charge is -2.26. The van der Waals surface area contributed by atoms with Gasteiger partial charge in [-0.3, -0.25) is 4.79 Å². The predicted molar refractivity (Wildman–Crippen MR) is 81.6 cm³/mol. The van der Waals surface area contributed by atoms with Gasteiger partial charge in [-0.1, -0.05) is 12.1 Å². The summed E-state index contributed by atoms with van der Waals surface area (Å²) in [5.74, 6) is -1.94. The third-order valence-electron chi connectivity index (χ3n) is 4.13. The highest BCUT2D eigenvalue weighted by Gasteiger charge is 2.42. The quantitative estimate of drug-likeness (QED) is 0.818. The zero-order valence-corrected chi connectivity index (χ0v) is 13.6. The Morgan fingerprint density at radius 1 is 1.31 bits per heavy atom. The first-order valence-electron chi connectivity index (χ1n) is 7.96. The highest BCUT2D eigenvalue weighted by molar-refractivity contribution is 5.77. The van der Waals surface area contributed by atoms with Crippen molar-refractivity contribution >= 4 is 5.91 Å². The average Bonchev–Trinajstić information content (AvgIpc) is 3.01. The molecular formula is C16H16F4N4O2. The molecular weight excluding hydrogens is 356 g/mol. The Bertz CT molecular complexity index is 791. The maximum absolute atomic E-state index is 13.4. The van der Waals surface area contributed by atoms with Gasteiger partial charge in [0.1, 0.15) is 5.82 Å². The Morgan fingerprint density at radius 2 is 2.08 bits per heavy atom. The van der Waals surface area contributed by atoms with Crippen molar-refractivity contribution in [2.24, 2.45) is 5.92 Å². The standard InChI is InChI=1S/C16H16F4N4O2/c17-11-3-1-2-4-12(11)26-9-15(25)21-7-14-23-22-13-6-5-10(8-24(13)14)16(18,19)20/h1-4,10H,5-9H2,(H,21,25)/t10-/m0/s1. The van der Waals surface area contributed by atoms with E-state index in [1.54, 1.807) is 6.07 Å². The Morgan fingerprint density at radius 3 is 2.81 bits per heavy atom. The van der Waals surface area contributed by atoms with Crippen molar-refractivity contribution in [3.63, 3.8) is 0 Å². The van der Waals surface area contributed by atoms with Crippen molar-refractivity contribution < 1.29 is 27.1 Å². The smallest absolute Gasteiger partial charge is 0.393 e. The van der Waals surface area contributed by atoms with Gasteiger partial charge in [0.15, 0.2) is 24.0 Å². The summed E-state index contributed by atoms with van der Waals surface area (Å²) >= 11 is 0. The van der Waals surface area contributed by atoms with Gasteiger partial charge in [0, 0.05) is 13.0 Å². The Hall–Kier alpha value is -2.65. The van der Waals surface area contributed by atoms with Crippen molar-refractivity contribution in [1.82, 2.24) is 20.1 Å². The largest absolute Gasteiger partial charge is 0.481 e. The number of carbonyl (C=O) groups is 1. The lowest BCUT2D eigenvalue weighted by Crippen LogP contribution is -2.34. The van der Waals surface area contributed by atoms with Crippen LogP contribution in [-0.2, 0) is 24.3 Å². The van der Waals surface area contributed by atoms with E-state index >= 15 is 0 Å². The van der Waals surface area contributed by atoms with Crippen LogP contribution >= 0.6 is 0 Å². The molecule has 0 unspecified atom stereocenters. The van der Waals surface area contributed by atoms with E-state index in [-0.39, 0.29) is 37.5 Å².